The number of hydrogen-bond donors (Lipinski definition) is 0. The summed E-state index contributed by atoms with van der Waals surface area (Å²) in [6, 6.07) is 21.1. The average Bonchev–Trinajstić information content (AvgIpc) is 2.59. The highest BCUT2D eigenvalue weighted by Gasteiger charge is 2.49. The Morgan fingerprint density at radius 2 is 1.36 bits per heavy atom. The molecular weight excluding hydrogens is 324 g/mol. The first-order chi connectivity index (χ1) is 11.9. The first-order valence-corrected chi connectivity index (χ1v) is 11.1. The predicted octanol–water partition coefficient (Wildman–Crippen LogP) is 4.32. The number of hydrogen-bond acceptors (Lipinski definition) is 2. The summed E-state index contributed by atoms with van der Waals surface area (Å²) in [7, 11) is -2.49. The Hall–Kier alpha value is -1.71. The zero-order chi connectivity index (χ0) is 18.3. The van der Waals surface area contributed by atoms with Crippen LogP contribution in [0.3, 0.4) is 0 Å². The number of carbonyl (C=O) groups excluding carboxylic acids is 1. The molecule has 134 valence electrons. The van der Waals surface area contributed by atoms with Crippen molar-refractivity contribution in [2.45, 2.75) is 52.0 Å². The van der Waals surface area contributed by atoms with Crippen LogP contribution in [0.4, 0.5) is 0 Å². The standard InChI is InChI=1S/C22H30O2Si/c1-5-12-19(23)17-18-24-25(22(2,3)4,20-13-8-6-9-14-20)21-15-10-7-11-16-21/h6-11,13-16H,5,12,17-18H2,1-4H3. The molecule has 0 bridgehead atoms. The van der Waals surface area contributed by atoms with Gasteiger partial charge in [-0.25, -0.2) is 0 Å². The summed E-state index contributed by atoms with van der Waals surface area (Å²) in [5.74, 6) is 0.292. The lowest BCUT2D eigenvalue weighted by Gasteiger charge is -2.43. The minimum absolute atomic E-state index is 0.0382. The molecule has 2 aromatic rings. The van der Waals surface area contributed by atoms with E-state index in [0.29, 0.717) is 25.2 Å². The van der Waals surface area contributed by atoms with Crippen molar-refractivity contribution in [1.82, 2.24) is 0 Å². The maximum Gasteiger partial charge on any atom is 0.261 e. The van der Waals surface area contributed by atoms with E-state index in [4.69, 9.17) is 4.43 Å². The van der Waals surface area contributed by atoms with Gasteiger partial charge in [-0.15, -0.1) is 0 Å². The molecule has 0 saturated heterocycles. The van der Waals surface area contributed by atoms with Crippen LogP contribution >= 0.6 is 0 Å². The van der Waals surface area contributed by atoms with Crippen LogP contribution in [-0.4, -0.2) is 20.7 Å². The molecule has 0 radical (unpaired) electrons. The third-order valence-corrected chi connectivity index (χ3v) is 9.69. The van der Waals surface area contributed by atoms with Crippen molar-refractivity contribution >= 4 is 24.5 Å². The van der Waals surface area contributed by atoms with Crippen molar-refractivity contribution < 1.29 is 9.22 Å². The molecule has 2 aromatic carbocycles. The molecule has 0 heterocycles. The summed E-state index contributed by atoms with van der Waals surface area (Å²) in [4.78, 5) is 12.0. The molecule has 0 unspecified atom stereocenters. The molecule has 3 heteroatoms. The second-order valence-corrected chi connectivity index (χ2v) is 11.9. The van der Waals surface area contributed by atoms with E-state index < -0.39 is 8.32 Å². The van der Waals surface area contributed by atoms with E-state index in [-0.39, 0.29) is 5.04 Å². The fraction of sp³-hybridized carbons (Fsp3) is 0.409. The molecule has 0 spiro atoms. The van der Waals surface area contributed by atoms with Gasteiger partial charge in [-0.3, -0.25) is 4.79 Å². The fourth-order valence-corrected chi connectivity index (χ4v) is 8.05. The lowest BCUT2D eigenvalue weighted by Crippen LogP contribution is -2.66. The average molecular weight is 355 g/mol. The summed E-state index contributed by atoms with van der Waals surface area (Å²) in [5.41, 5.74) is 0. The van der Waals surface area contributed by atoms with Crippen LogP contribution < -0.4 is 10.4 Å². The quantitative estimate of drug-likeness (QED) is 0.660. The van der Waals surface area contributed by atoms with E-state index in [0.717, 1.165) is 6.42 Å². The Labute approximate surface area is 153 Å². The lowest BCUT2D eigenvalue weighted by atomic mass is 10.2. The summed E-state index contributed by atoms with van der Waals surface area (Å²) < 4.78 is 6.70. The first kappa shape index (κ1) is 19.6. The molecule has 0 saturated carbocycles. The van der Waals surface area contributed by atoms with Crippen LogP contribution in [-0.2, 0) is 9.22 Å². The van der Waals surface area contributed by atoms with E-state index in [2.05, 4.69) is 69.3 Å². The molecule has 0 aliphatic carbocycles. The molecule has 0 aliphatic rings. The minimum atomic E-state index is -2.49. The Morgan fingerprint density at radius 3 is 1.76 bits per heavy atom. The molecule has 2 rings (SSSR count). The zero-order valence-electron chi connectivity index (χ0n) is 15.9. The summed E-state index contributed by atoms with van der Waals surface area (Å²) in [5, 5.41) is 2.48. The molecule has 0 atom stereocenters. The smallest absolute Gasteiger partial charge is 0.261 e. The van der Waals surface area contributed by atoms with Gasteiger partial charge in [-0.05, 0) is 21.8 Å². The van der Waals surface area contributed by atoms with Crippen LogP contribution in [0.2, 0.25) is 5.04 Å². The Kier molecular flexibility index (Phi) is 6.74. The van der Waals surface area contributed by atoms with Crippen LogP contribution in [0.25, 0.3) is 0 Å². The van der Waals surface area contributed by atoms with Gasteiger partial charge in [-0.2, -0.15) is 0 Å². The van der Waals surface area contributed by atoms with E-state index in [1.807, 2.05) is 19.1 Å². The third-order valence-electron chi connectivity index (χ3n) is 4.65. The van der Waals surface area contributed by atoms with Crippen LogP contribution in [0.15, 0.2) is 60.7 Å². The Balaban J connectivity index is 2.44. The van der Waals surface area contributed by atoms with Crippen molar-refractivity contribution in [3.8, 4) is 0 Å². The van der Waals surface area contributed by atoms with Crippen LogP contribution in [0.1, 0.15) is 47.0 Å². The van der Waals surface area contributed by atoms with Gasteiger partial charge in [0, 0.05) is 19.4 Å². The van der Waals surface area contributed by atoms with E-state index >= 15 is 0 Å². The van der Waals surface area contributed by atoms with Gasteiger partial charge in [0.1, 0.15) is 5.78 Å². The highest BCUT2D eigenvalue weighted by atomic mass is 28.4. The normalized spacial score (nSPS) is 12.2. The van der Waals surface area contributed by atoms with Crippen LogP contribution in [0.5, 0.6) is 0 Å². The van der Waals surface area contributed by atoms with Crippen molar-refractivity contribution in [2.75, 3.05) is 6.61 Å². The van der Waals surface area contributed by atoms with Gasteiger partial charge in [0.15, 0.2) is 0 Å². The summed E-state index contributed by atoms with van der Waals surface area (Å²) >= 11 is 0. The molecule has 25 heavy (non-hydrogen) atoms. The molecular formula is C22H30O2Si. The van der Waals surface area contributed by atoms with E-state index in [9.17, 15) is 4.79 Å². The molecule has 0 aliphatic heterocycles. The number of Topliss-reactive ketones (excluding diaryl/α,β-unsaturated/α-hetero) is 1. The predicted molar refractivity (Wildman–Crippen MR) is 108 cm³/mol. The second kappa shape index (κ2) is 8.59. The summed E-state index contributed by atoms with van der Waals surface area (Å²) in [6.07, 6.45) is 2.04. The SMILES string of the molecule is CCCC(=O)CCO[Si](c1ccccc1)(c1ccccc1)C(C)(C)C. The Bertz CT molecular complexity index is 620. The maximum absolute atomic E-state index is 12.0. The molecule has 0 N–H and O–H groups in total. The summed E-state index contributed by atoms with van der Waals surface area (Å²) in [6.45, 7) is 9.31. The Morgan fingerprint density at radius 1 is 0.880 bits per heavy atom. The highest BCUT2D eigenvalue weighted by molar-refractivity contribution is 6.99. The number of rotatable bonds is 8. The van der Waals surface area contributed by atoms with E-state index in [1.54, 1.807) is 0 Å². The van der Waals surface area contributed by atoms with Gasteiger partial charge < -0.3 is 4.43 Å². The fourth-order valence-electron chi connectivity index (χ4n) is 3.48. The van der Waals surface area contributed by atoms with Gasteiger partial charge in [0.25, 0.3) is 8.32 Å². The highest BCUT2D eigenvalue weighted by Crippen LogP contribution is 2.36. The molecule has 0 aromatic heterocycles. The largest absolute Gasteiger partial charge is 0.407 e. The topological polar surface area (TPSA) is 26.3 Å². The third kappa shape index (κ3) is 4.47. The van der Waals surface area contributed by atoms with Gasteiger partial charge >= 0.3 is 0 Å². The monoisotopic (exact) mass is 354 g/mol. The van der Waals surface area contributed by atoms with Crippen molar-refractivity contribution in [2.24, 2.45) is 0 Å². The number of carbonyl (C=O) groups is 1. The first-order valence-electron chi connectivity index (χ1n) is 9.18. The lowest BCUT2D eigenvalue weighted by molar-refractivity contribution is -0.119. The second-order valence-electron chi connectivity index (χ2n) is 7.55. The molecule has 2 nitrogen and oxygen atoms in total. The van der Waals surface area contributed by atoms with E-state index in [1.165, 1.54) is 10.4 Å². The van der Waals surface area contributed by atoms with Crippen molar-refractivity contribution in [1.29, 1.82) is 0 Å². The zero-order valence-corrected chi connectivity index (χ0v) is 16.9. The molecule has 0 amide bonds. The van der Waals surface area contributed by atoms with Crippen LogP contribution in [0, 0.1) is 0 Å². The van der Waals surface area contributed by atoms with Crippen molar-refractivity contribution in [3.63, 3.8) is 0 Å². The minimum Gasteiger partial charge on any atom is -0.407 e. The maximum atomic E-state index is 12.0. The van der Waals surface area contributed by atoms with Gasteiger partial charge in [0.2, 0.25) is 0 Å². The number of ketones is 1. The molecule has 0 fully saturated rings. The number of benzene rings is 2. The van der Waals surface area contributed by atoms with Gasteiger partial charge in [0.05, 0.1) is 0 Å². The van der Waals surface area contributed by atoms with Crippen molar-refractivity contribution in [3.05, 3.63) is 60.7 Å². The van der Waals surface area contributed by atoms with Gasteiger partial charge in [-0.1, -0.05) is 88.4 Å².